The van der Waals surface area contributed by atoms with E-state index in [0.717, 1.165) is 17.3 Å². The average Bonchev–Trinajstić information content (AvgIpc) is 2.14. The SMILES string of the molecule is CC1(C)C(Cl)C(C(Cl)CBr)=CC[C@H]1Br. The van der Waals surface area contributed by atoms with E-state index in [1.165, 1.54) is 0 Å². The van der Waals surface area contributed by atoms with Gasteiger partial charge in [0.05, 0.1) is 10.8 Å². The lowest BCUT2D eigenvalue weighted by atomic mass is 9.76. The first-order valence-electron chi connectivity index (χ1n) is 4.59. The van der Waals surface area contributed by atoms with Crippen LogP contribution in [0.25, 0.3) is 0 Å². The van der Waals surface area contributed by atoms with Crippen molar-refractivity contribution in [1.82, 2.24) is 0 Å². The second-order valence-electron chi connectivity index (χ2n) is 4.21. The molecule has 0 fully saturated rings. The summed E-state index contributed by atoms with van der Waals surface area (Å²) in [5, 5.41) is 0.782. The van der Waals surface area contributed by atoms with Crippen LogP contribution in [0.5, 0.6) is 0 Å². The molecule has 1 rings (SSSR count). The minimum Gasteiger partial charge on any atom is -0.117 e. The minimum absolute atomic E-state index is 0.0109. The summed E-state index contributed by atoms with van der Waals surface area (Å²) >= 11 is 19.7. The molecular weight excluding hydrogens is 351 g/mol. The fourth-order valence-electron chi connectivity index (χ4n) is 1.61. The van der Waals surface area contributed by atoms with Gasteiger partial charge in [-0.05, 0) is 17.4 Å². The van der Waals surface area contributed by atoms with E-state index in [1.54, 1.807) is 0 Å². The van der Waals surface area contributed by atoms with Gasteiger partial charge in [-0.15, -0.1) is 23.2 Å². The summed E-state index contributed by atoms with van der Waals surface area (Å²) in [6.07, 6.45) is 3.17. The highest BCUT2D eigenvalue weighted by molar-refractivity contribution is 9.09. The topological polar surface area (TPSA) is 0 Å². The molecular formula is C10H14Br2Cl2. The molecule has 1 aliphatic carbocycles. The highest BCUT2D eigenvalue weighted by Gasteiger charge is 2.40. The quantitative estimate of drug-likeness (QED) is 0.491. The Labute approximate surface area is 113 Å². The van der Waals surface area contributed by atoms with Crippen LogP contribution in [0.15, 0.2) is 11.6 Å². The summed E-state index contributed by atoms with van der Waals surface area (Å²) in [6, 6.07) is 0. The summed E-state index contributed by atoms with van der Waals surface area (Å²) in [6.45, 7) is 4.35. The van der Waals surface area contributed by atoms with E-state index < -0.39 is 0 Å². The van der Waals surface area contributed by atoms with Crippen LogP contribution < -0.4 is 0 Å². The van der Waals surface area contributed by atoms with Crippen molar-refractivity contribution in [3.63, 3.8) is 0 Å². The van der Waals surface area contributed by atoms with E-state index in [9.17, 15) is 0 Å². The first-order valence-corrected chi connectivity index (χ1v) is 7.50. The third-order valence-electron chi connectivity index (χ3n) is 2.81. The lowest BCUT2D eigenvalue weighted by molar-refractivity contribution is 0.341. The highest BCUT2D eigenvalue weighted by Crippen LogP contribution is 2.45. The van der Waals surface area contributed by atoms with Gasteiger partial charge in [-0.3, -0.25) is 0 Å². The van der Waals surface area contributed by atoms with E-state index in [0.29, 0.717) is 4.83 Å². The van der Waals surface area contributed by atoms with Gasteiger partial charge in [0.25, 0.3) is 0 Å². The Morgan fingerprint density at radius 2 is 2.21 bits per heavy atom. The Balaban J connectivity index is 2.90. The highest BCUT2D eigenvalue weighted by atomic mass is 79.9. The van der Waals surface area contributed by atoms with Crippen molar-refractivity contribution in [3.05, 3.63) is 11.6 Å². The molecule has 0 aliphatic heterocycles. The average molecular weight is 365 g/mol. The standard InChI is InChI=1S/C10H14Br2Cl2/c1-10(2)8(12)4-3-6(9(10)14)7(13)5-11/h3,7-9H,4-5H2,1-2H3/t7?,8-,9?/m1/s1. The van der Waals surface area contributed by atoms with Gasteiger partial charge < -0.3 is 0 Å². The van der Waals surface area contributed by atoms with Crippen LogP contribution in [-0.4, -0.2) is 20.9 Å². The molecule has 0 aromatic carbocycles. The van der Waals surface area contributed by atoms with Crippen LogP contribution in [0.2, 0.25) is 0 Å². The number of halogens is 4. The smallest absolute Gasteiger partial charge is 0.0656 e. The molecule has 0 radical (unpaired) electrons. The molecule has 0 saturated heterocycles. The molecule has 0 aromatic rings. The Kier molecular flexibility index (Phi) is 4.84. The van der Waals surface area contributed by atoms with E-state index in [1.807, 2.05) is 0 Å². The van der Waals surface area contributed by atoms with Gasteiger partial charge in [0.2, 0.25) is 0 Å². The van der Waals surface area contributed by atoms with Gasteiger partial charge in [0.15, 0.2) is 0 Å². The zero-order chi connectivity index (χ0) is 10.9. The van der Waals surface area contributed by atoms with Crippen molar-refractivity contribution in [2.24, 2.45) is 5.41 Å². The van der Waals surface area contributed by atoms with Gasteiger partial charge in [-0.1, -0.05) is 51.8 Å². The molecule has 0 heterocycles. The normalized spacial score (nSPS) is 33.7. The Morgan fingerprint density at radius 1 is 1.64 bits per heavy atom. The van der Waals surface area contributed by atoms with Crippen LogP contribution in [0, 0.1) is 5.41 Å². The van der Waals surface area contributed by atoms with Crippen molar-refractivity contribution < 1.29 is 0 Å². The van der Waals surface area contributed by atoms with Crippen molar-refractivity contribution >= 4 is 55.1 Å². The molecule has 4 heteroatoms. The summed E-state index contributed by atoms with van der Waals surface area (Å²) in [5.41, 5.74) is 1.21. The molecule has 0 nitrogen and oxygen atoms in total. The molecule has 2 unspecified atom stereocenters. The van der Waals surface area contributed by atoms with Gasteiger partial charge >= 0.3 is 0 Å². The molecule has 0 saturated carbocycles. The van der Waals surface area contributed by atoms with Crippen molar-refractivity contribution in [3.8, 4) is 0 Å². The number of hydrogen-bond acceptors (Lipinski definition) is 0. The van der Waals surface area contributed by atoms with E-state index in [-0.39, 0.29) is 16.2 Å². The molecule has 0 amide bonds. The van der Waals surface area contributed by atoms with Crippen LogP contribution in [0.3, 0.4) is 0 Å². The molecule has 0 aromatic heterocycles. The van der Waals surface area contributed by atoms with E-state index in [2.05, 4.69) is 51.8 Å². The molecule has 14 heavy (non-hydrogen) atoms. The Bertz CT molecular complexity index is 238. The van der Waals surface area contributed by atoms with E-state index in [4.69, 9.17) is 23.2 Å². The third-order valence-corrected chi connectivity index (χ3v) is 6.61. The number of alkyl halides is 4. The summed E-state index contributed by atoms with van der Waals surface area (Å²) < 4.78 is 0. The van der Waals surface area contributed by atoms with Crippen molar-refractivity contribution in [2.75, 3.05) is 5.33 Å². The summed E-state index contributed by atoms with van der Waals surface area (Å²) in [5.74, 6) is 0. The van der Waals surface area contributed by atoms with Crippen molar-refractivity contribution in [2.45, 2.75) is 35.8 Å². The zero-order valence-electron chi connectivity index (χ0n) is 8.24. The predicted octanol–water partition coefficient (Wildman–Crippen LogP) is 4.72. The Hall–Kier alpha value is 1.28. The van der Waals surface area contributed by atoms with Crippen LogP contribution in [0.1, 0.15) is 20.3 Å². The second-order valence-corrected chi connectivity index (χ2v) is 6.93. The maximum absolute atomic E-state index is 6.44. The fourth-order valence-corrected chi connectivity index (χ4v) is 3.26. The van der Waals surface area contributed by atoms with Crippen molar-refractivity contribution in [1.29, 1.82) is 0 Å². The summed E-state index contributed by atoms with van der Waals surface area (Å²) in [4.78, 5) is 0.431. The molecule has 1 aliphatic rings. The summed E-state index contributed by atoms with van der Waals surface area (Å²) in [7, 11) is 0. The number of rotatable bonds is 2. The molecule has 82 valence electrons. The zero-order valence-corrected chi connectivity index (χ0v) is 12.9. The maximum atomic E-state index is 6.44. The molecule has 0 spiro atoms. The number of allylic oxidation sites excluding steroid dienone is 2. The van der Waals surface area contributed by atoms with E-state index >= 15 is 0 Å². The monoisotopic (exact) mass is 362 g/mol. The van der Waals surface area contributed by atoms with Crippen LogP contribution in [-0.2, 0) is 0 Å². The second kappa shape index (κ2) is 5.07. The van der Waals surface area contributed by atoms with Crippen LogP contribution >= 0.6 is 55.1 Å². The first-order chi connectivity index (χ1) is 6.41. The first kappa shape index (κ1) is 13.3. The van der Waals surface area contributed by atoms with Gasteiger partial charge in [0.1, 0.15) is 0 Å². The molecule has 0 N–H and O–H groups in total. The van der Waals surface area contributed by atoms with Crippen LogP contribution in [0.4, 0.5) is 0 Å². The van der Waals surface area contributed by atoms with Gasteiger partial charge in [-0.2, -0.15) is 0 Å². The number of hydrogen-bond donors (Lipinski definition) is 0. The molecule has 3 atom stereocenters. The largest absolute Gasteiger partial charge is 0.117 e. The third kappa shape index (κ3) is 2.50. The predicted molar refractivity (Wildman–Crippen MR) is 72.3 cm³/mol. The fraction of sp³-hybridized carbons (Fsp3) is 0.800. The molecule has 0 bridgehead atoms. The maximum Gasteiger partial charge on any atom is 0.0656 e. The van der Waals surface area contributed by atoms with Gasteiger partial charge in [-0.25, -0.2) is 0 Å². The lowest BCUT2D eigenvalue weighted by Crippen LogP contribution is -2.40. The minimum atomic E-state index is 0.0109. The Morgan fingerprint density at radius 3 is 2.71 bits per heavy atom. The lowest BCUT2D eigenvalue weighted by Gasteiger charge is -2.40. The van der Waals surface area contributed by atoms with Gasteiger partial charge in [0, 0.05) is 10.2 Å².